The number of sulfone groups is 1. The lowest BCUT2D eigenvalue weighted by Crippen LogP contribution is -2.51. The van der Waals surface area contributed by atoms with Gasteiger partial charge in [-0.1, -0.05) is 20.8 Å². The van der Waals surface area contributed by atoms with Gasteiger partial charge < -0.3 is 10.4 Å². The highest BCUT2D eigenvalue weighted by molar-refractivity contribution is 7.92. The zero-order valence-corrected chi connectivity index (χ0v) is 13.8. The third kappa shape index (κ3) is 5.90. The van der Waals surface area contributed by atoms with Crippen LogP contribution in [0.3, 0.4) is 0 Å². The second kappa shape index (κ2) is 6.11. The van der Waals surface area contributed by atoms with Crippen LogP contribution in [0.1, 0.15) is 47.5 Å². The Hall–Kier alpha value is -1.11. The lowest BCUT2D eigenvalue weighted by molar-refractivity contribution is -0.138. The molecule has 1 unspecified atom stereocenters. The first kappa shape index (κ1) is 18.9. The third-order valence-electron chi connectivity index (χ3n) is 3.09. The van der Waals surface area contributed by atoms with Crippen LogP contribution in [0.4, 0.5) is 0 Å². The van der Waals surface area contributed by atoms with Gasteiger partial charge in [0, 0.05) is 12.3 Å². The van der Waals surface area contributed by atoms with E-state index >= 15 is 0 Å². The molecule has 0 rings (SSSR count). The number of carbonyl (C=O) groups excluding carboxylic acids is 1. The number of nitrogens with one attached hydrogen (secondary N) is 1. The number of aliphatic carboxylic acids is 1. The van der Waals surface area contributed by atoms with Crippen molar-refractivity contribution in [1.82, 2.24) is 5.32 Å². The highest BCUT2D eigenvalue weighted by atomic mass is 32.2. The Morgan fingerprint density at radius 1 is 1.15 bits per heavy atom. The van der Waals surface area contributed by atoms with Crippen LogP contribution in [0.5, 0.6) is 0 Å². The summed E-state index contributed by atoms with van der Waals surface area (Å²) in [6.45, 7) is 8.40. The molecular formula is C13H25NO5S. The van der Waals surface area contributed by atoms with Gasteiger partial charge in [-0.25, -0.2) is 8.42 Å². The molecule has 118 valence electrons. The predicted molar refractivity (Wildman–Crippen MR) is 77.2 cm³/mol. The minimum Gasteiger partial charge on any atom is -0.481 e. The Kier molecular flexibility index (Phi) is 5.78. The number of amides is 1. The molecule has 0 fully saturated rings. The topological polar surface area (TPSA) is 101 Å². The van der Waals surface area contributed by atoms with Gasteiger partial charge in [-0.3, -0.25) is 9.59 Å². The van der Waals surface area contributed by atoms with Gasteiger partial charge in [0.1, 0.15) is 4.75 Å². The van der Waals surface area contributed by atoms with E-state index in [1.165, 1.54) is 13.8 Å². The number of carboxylic acids is 1. The molecular weight excluding hydrogens is 282 g/mol. The molecule has 1 amide bonds. The molecule has 0 bridgehead atoms. The second-order valence-electron chi connectivity index (χ2n) is 6.82. The van der Waals surface area contributed by atoms with E-state index in [-0.39, 0.29) is 11.8 Å². The highest BCUT2D eigenvalue weighted by Gasteiger charge is 2.39. The predicted octanol–water partition coefficient (Wildman–Crippen LogP) is 1.21. The first-order valence-electron chi connectivity index (χ1n) is 6.39. The standard InChI is InChI=1S/C13H25NO5S/c1-12(2,3)8-9(7-10(15)16)14-11(17)13(4,5)20(6,18)19/h9H,7-8H2,1-6H3,(H,14,17)(H,15,16). The van der Waals surface area contributed by atoms with Crippen LogP contribution in [-0.4, -0.2) is 42.4 Å². The van der Waals surface area contributed by atoms with Crippen LogP contribution in [0, 0.1) is 5.41 Å². The summed E-state index contributed by atoms with van der Waals surface area (Å²) in [5.41, 5.74) is -0.178. The summed E-state index contributed by atoms with van der Waals surface area (Å²) >= 11 is 0. The van der Waals surface area contributed by atoms with Crippen molar-refractivity contribution >= 4 is 21.7 Å². The number of carboxylic acid groups (broad SMARTS) is 1. The van der Waals surface area contributed by atoms with Gasteiger partial charge in [-0.2, -0.15) is 0 Å². The molecule has 0 aliphatic carbocycles. The normalized spacial score (nSPS) is 14.7. The molecule has 0 aliphatic heterocycles. The van der Waals surface area contributed by atoms with Gasteiger partial charge in [-0.05, 0) is 25.7 Å². The maximum atomic E-state index is 12.1. The summed E-state index contributed by atoms with van der Waals surface area (Å²) in [6, 6.07) is -0.596. The first-order chi connectivity index (χ1) is 8.67. The smallest absolute Gasteiger partial charge is 0.305 e. The third-order valence-corrected chi connectivity index (χ3v) is 5.13. The van der Waals surface area contributed by atoms with E-state index in [9.17, 15) is 18.0 Å². The van der Waals surface area contributed by atoms with Crippen molar-refractivity contribution in [2.24, 2.45) is 5.41 Å². The van der Waals surface area contributed by atoms with Crippen molar-refractivity contribution in [2.45, 2.75) is 58.2 Å². The molecule has 20 heavy (non-hydrogen) atoms. The molecule has 6 nitrogen and oxygen atoms in total. The average Bonchev–Trinajstić information content (AvgIpc) is 2.10. The van der Waals surface area contributed by atoms with Crippen LogP contribution in [0.25, 0.3) is 0 Å². The zero-order chi connectivity index (χ0) is 16.4. The number of rotatable bonds is 6. The maximum Gasteiger partial charge on any atom is 0.305 e. The fourth-order valence-corrected chi connectivity index (χ4v) is 2.05. The van der Waals surface area contributed by atoms with E-state index in [0.29, 0.717) is 6.42 Å². The first-order valence-corrected chi connectivity index (χ1v) is 8.28. The van der Waals surface area contributed by atoms with E-state index in [4.69, 9.17) is 5.11 Å². The highest BCUT2D eigenvalue weighted by Crippen LogP contribution is 2.23. The number of carbonyl (C=O) groups is 2. The summed E-state index contributed by atoms with van der Waals surface area (Å²) < 4.78 is 21.6. The molecule has 0 heterocycles. The summed E-state index contributed by atoms with van der Waals surface area (Å²) in [5.74, 6) is -1.70. The summed E-state index contributed by atoms with van der Waals surface area (Å²) in [6.07, 6.45) is 1.20. The van der Waals surface area contributed by atoms with Crippen LogP contribution < -0.4 is 5.32 Å². The molecule has 0 aliphatic rings. The van der Waals surface area contributed by atoms with E-state index in [1.54, 1.807) is 0 Å². The molecule has 0 spiro atoms. The second-order valence-corrected chi connectivity index (χ2v) is 9.38. The average molecular weight is 307 g/mol. The molecule has 0 aromatic carbocycles. The fourth-order valence-electron chi connectivity index (χ4n) is 1.65. The van der Waals surface area contributed by atoms with Crippen molar-refractivity contribution in [3.8, 4) is 0 Å². The summed E-state index contributed by atoms with van der Waals surface area (Å²) in [5, 5.41) is 11.4. The Balaban J connectivity index is 5.08. The van der Waals surface area contributed by atoms with Crippen molar-refractivity contribution in [1.29, 1.82) is 0 Å². The van der Waals surface area contributed by atoms with Gasteiger partial charge in [0.25, 0.3) is 0 Å². The quantitative estimate of drug-likeness (QED) is 0.768. The van der Waals surface area contributed by atoms with E-state index in [2.05, 4.69) is 5.32 Å². The van der Waals surface area contributed by atoms with Gasteiger partial charge in [0.2, 0.25) is 5.91 Å². The molecule has 0 saturated carbocycles. The Morgan fingerprint density at radius 2 is 1.60 bits per heavy atom. The SMILES string of the molecule is CC(C)(C)CC(CC(=O)O)NC(=O)C(C)(C)S(C)(=O)=O. The van der Waals surface area contributed by atoms with Gasteiger partial charge in [0.05, 0.1) is 6.42 Å². The van der Waals surface area contributed by atoms with Crippen molar-refractivity contribution in [3.63, 3.8) is 0 Å². The van der Waals surface area contributed by atoms with Crippen molar-refractivity contribution in [2.75, 3.05) is 6.26 Å². The van der Waals surface area contributed by atoms with E-state index in [0.717, 1.165) is 6.26 Å². The van der Waals surface area contributed by atoms with Crippen LogP contribution in [-0.2, 0) is 19.4 Å². The Morgan fingerprint density at radius 3 is 1.90 bits per heavy atom. The summed E-state index contributed by atoms with van der Waals surface area (Å²) in [4.78, 5) is 23.0. The molecule has 0 aromatic heterocycles. The zero-order valence-electron chi connectivity index (χ0n) is 13.0. The molecule has 7 heteroatoms. The molecule has 0 saturated heterocycles. The fraction of sp³-hybridized carbons (Fsp3) is 0.846. The minimum atomic E-state index is -3.58. The van der Waals surface area contributed by atoms with Crippen molar-refractivity contribution < 1.29 is 23.1 Å². The van der Waals surface area contributed by atoms with Gasteiger partial charge in [-0.15, -0.1) is 0 Å². The minimum absolute atomic E-state index is 0.178. The van der Waals surface area contributed by atoms with E-state index < -0.39 is 32.5 Å². The van der Waals surface area contributed by atoms with Crippen LogP contribution in [0.2, 0.25) is 0 Å². The monoisotopic (exact) mass is 307 g/mol. The lowest BCUT2D eigenvalue weighted by Gasteiger charge is -2.29. The van der Waals surface area contributed by atoms with Crippen LogP contribution >= 0.6 is 0 Å². The Bertz CT molecular complexity index is 473. The number of hydrogen-bond acceptors (Lipinski definition) is 4. The Labute approximate surface area is 120 Å². The molecule has 1 atom stereocenters. The van der Waals surface area contributed by atoms with E-state index in [1.807, 2.05) is 20.8 Å². The van der Waals surface area contributed by atoms with Crippen LogP contribution in [0.15, 0.2) is 0 Å². The molecule has 0 radical (unpaired) electrons. The van der Waals surface area contributed by atoms with Gasteiger partial charge in [0.15, 0.2) is 9.84 Å². The molecule has 2 N–H and O–H groups in total. The number of hydrogen-bond donors (Lipinski definition) is 2. The lowest BCUT2D eigenvalue weighted by atomic mass is 9.87. The summed E-state index contributed by atoms with van der Waals surface area (Å²) in [7, 11) is -3.58. The molecule has 0 aromatic rings. The maximum absolute atomic E-state index is 12.1. The largest absolute Gasteiger partial charge is 0.481 e. The van der Waals surface area contributed by atoms with Gasteiger partial charge >= 0.3 is 5.97 Å². The van der Waals surface area contributed by atoms with Crippen molar-refractivity contribution in [3.05, 3.63) is 0 Å².